The smallest absolute Gasteiger partial charge is 0.259 e. The van der Waals surface area contributed by atoms with E-state index >= 15 is 0 Å². The van der Waals surface area contributed by atoms with Crippen molar-refractivity contribution in [3.8, 4) is 11.8 Å². The van der Waals surface area contributed by atoms with Gasteiger partial charge in [0.2, 0.25) is 0 Å². The maximum atomic E-state index is 11.9. The second-order valence-electron chi connectivity index (χ2n) is 4.81. The molecule has 6 heteroatoms. The Labute approximate surface area is 131 Å². The summed E-state index contributed by atoms with van der Waals surface area (Å²) < 4.78 is 6.22. The molecule has 1 aliphatic rings. The van der Waals surface area contributed by atoms with Crippen molar-refractivity contribution in [2.24, 2.45) is 0 Å². The molecule has 0 heterocycles. The van der Waals surface area contributed by atoms with Gasteiger partial charge in [0.15, 0.2) is 6.61 Å². The molecule has 1 aromatic carbocycles. The molecule has 1 fully saturated rings. The second-order valence-corrected chi connectivity index (χ2v) is 6.14. The molecule has 20 heavy (non-hydrogen) atoms. The van der Waals surface area contributed by atoms with Crippen molar-refractivity contribution >= 4 is 33.4 Å². The third-order valence-corrected chi connectivity index (χ3v) is 4.09. The average molecular weight is 358 g/mol. The Hall–Kier alpha value is -1.25. The first-order chi connectivity index (χ1) is 9.54. The van der Waals surface area contributed by atoms with Crippen LogP contribution in [0.1, 0.15) is 25.7 Å². The second kappa shape index (κ2) is 6.47. The van der Waals surface area contributed by atoms with Crippen LogP contribution >= 0.6 is 27.5 Å². The third kappa shape index (κ3) is 3.65. The van der Waals surface area contributed by atoms with Crippen LogP contribution < -0.4 is 10.1 Å². The van der Waals surface area contributed by atoms with Crippen LogP contribution in [0.25, 0.3) is 0 Å². The van der Waals surface area contributed by atoms with Crippen molar-refractivity contribution in [2.75, 3.05) is 6.61 Å². The Kier molecular flexibility index (Phi) is 4.90. The number of nitrogens with one attached hydrogen (secondary N) is 1. The Morgan fingerprint density at radius 3 is 2.80 bits per heavy atom. The van der Waals surface area contributed by atoms with E-state index < -0.39 is 5.54 Å². The molecule has 0 spiro atoms. The highest BCUT2D eigenvalue weighted by atomic mass is 79.9. The van der Waals surface area contributed by atoms with E-state index in [0.717, 1.165) is 17.3 Å². The molecule has 106 valence electrons. The molecule has 0 bridgehead atoms. The number of benzene rings is 1. The average Bonchev–Trinajstić information content (AvgIpc) is 2.87. The summed E-state index contributed by atoms with van der Waals surface area (Å²) in [5.74, 6) is 0.148. The minimum absolute atomic E-state index is 0.148. The molecule has 1 aromatic rings. The van der Waals surface area contributed by atoms with Crippen LogP contribution in [0, 0.1) is 11.3 Å². The van der Waals surface area contributed by atoms with Crippen molar-refractivity contribution in [2.45, 2.75) is 31.2 Å². The monoisotopic (exact) mass is 356 g/mol. The number of hydrogen-bond acceptors (Lipinski definition) is 3. The predicted octanol–water partition coefficient (Wildman–Crippen LogP) is 3.43. The third-order valence-electron chi connectivity index (χ3n) is 3.30. The first-order valence-corrected chi connectivity index (χ1v) is 7.52. The Balaban J connectivity index is 1.91. The van der Waals surface area contributed by atoms with Gasteiger partial charge in [0.05, 0.1) is 11.1 Å². The van der Waals surface area contributed by atoms with Crippen LogP contribution in [0.2, 0.25) is 5.02 Å². The highest BCUT2D eigenvalue weighted by Crippen LogP contribution is 2.29. The summed E-state index contributed by atoms with van der Waals surface area (Å²) in [4.78, 5) is 11.9. The van der Waals surface area contributed by atoms with Crippen LogP contribution in [0.3, 0.4) is 0 Å². The fraction of sp³-hybridized carbons (Fsp3) is 0.429. The number of carbonyl (C=O) groups is 1. The number of ether oxygens (including phenoxy) is 1. The van der Waals surface area contributed by atoms with Gasteiger partial charge in [0.1, 0.15) is 11.3 Å². The van der Waals surface area contributed by atoms with Gasteiger partial charge in [-0.05, 0) is 43.9 Å². The normalized spacial score (nSPS) is 16.4. The summed E-state index contributed by atoms with van der Waals surface area (Å²) >= 11 is 9.29. The largest absolute Gasteiger partial charge is 0.482 e. The van der Waals surface area contributed by atoms with Crippen LogP contribution in [-0.2, 0) is 4.79 Å². The van der Waals surface area contributed by atoms with Crippen molar-refractivity contribution in [3.63, 3.8) is 0 Å². The fourth-order valence-corrected chi connectivity index (χ4v) is 3.01. The highest BCUT2D eigenvalue weighted by molar-refractivity contribution is 9.10. The van der Waals surface area contributed by atoms with Gasteiger partial charge >= 0.3 is 0 Å². The van der Waals surface area contributed by atoms with Crippen LogP contribution in [-0.4, -0.2) is 18.1 Å². The minimum atomic E-state index is -0.718. The Morgan fingerprint density at radius 2 is 2.20 bits per heavy atom. The number of carbonyl (C=O) groups excluding carboxylic acids is 1. The highest BCUT2D eigenvalue weighted by Gasteiger charge is 2.35. The SMILES string of the molecule is N#CC1(NC(=O)COc2ccc(Br)cc2Cl)CCCC1. The number of rotatable bonds is 4. The van der Waals surface area contributed by atoms with E-state index in [4.69, 9.17) is 16.3 Å². The molecule has 1 N–H and O–H groups in total. The molecule has 0 aliphatic heterocycles. The summed E-state index contributed by atoms with van der Waals surface area (Å²) in [6.45, 7) is -0.148. The molecular weight excluding hydrogens is 344 g/mol. The first kappa shape index (κ1) is 15.1. The topological polar surface area (TPSA) is 62.1 Å². The van der Waals surface area contributed by atoms with Crippen molar-refractivity contribution < 1.29 is 9.53 Å². The molecular formula is C14H14BrClN2O2. The molecule has 0 aromatic heterocycles. The summed E-state index contributed by atoms with van der Waals surface area (Å²) in [6.07, 6.45) is 3.34. The lowest BCUT2D eigenvalue weighted by atomic mass is 10.00. The molecule has 1 aliphatic carbocycles. The lowest BCUT2D eigenvalue weighted by molar-refractivity contribution is -0.124. The van der Waals surface area contributed by atoms with Gasteiger partial charge in [0.25, 0.3) is 5.91 Å². The molecule has 0 atom stereocenters. The van der Waals surface area contributed by atoms with Gasteiger partial charge in [-0.2, -0.15) is 5.26 Å². The Bertz CT molecular complexity index is 551. The van der Waals surface area contributed by atoms with E-state index in [1.165, 1.54) is 0 Å². The lowest BCUT2D eigenvalue weighted by Gasteiger charge is -2.22. The molecule has 0 radical (unpaired) electrons. The summed E-state index contributed by atoms with van der Waals surface area (Å²) in [5.41, 5.74) is -0.718. The number of nitrogens with zero attached hydrogens (tertiary/aromatic N) is 1. The standard InChI is InChI=1S/C14H14BrClN2O2/c15-10-3-4-12(11(16)7-10)20-8-13(19)18-14(9-17)5-1-2-6-14/h3-4,7H,1-2,5-6,8H2,(H,18,19). The minimum Gasteiger partial charge on any atom is -0.482 e. The fourth-order valence-electron chi connectivity index (χ4n) is 2.28. The van der Waals surface area contributed by atoms with E-state index in [1.807, 2.05) is 0 Å². The predicted molar refractivity (Wildman–Crippen MR) is 79.6 cm³/mol. The van der Waals surface area contributed by atoms with E-state index in [-0.39, 0.29) is 12.5 Å². The van der Waals surface area contributed by atoms with E-state index in [2.05, 4.69) is 27.3 Å². The zero-order chi connectivity index (χ0) is 14.6. The number of halogens is 2. The molecule has 1 saturated carbocycles. The molecule has 0 saturated heterocycles. The van der Waals surface area contributed by atoms with Crippen LogP contribution in [0.5, 0.6) is 5.75 Å². The van der Waals surface area contributed by atoms with Gasteiger partial charge in [0, 0.05) is 4.47 Å². The van der Waals surface area contributed by atoms with Gasteiger partial charge in [-0.1, -0.05) is 27.5 Å². The lowest BCUT2D eigenvalue weighted by Crippen LogP contribution is -2.47. The zero-order valence-corrected chi connectivity index (χ0v) is 13.1. The van der Waals surface area contributed by atoms with Crippen LogP contribution in [0.15, 0.2) is 22.7 Å². The van der Waals surface area contributed by atoms with E-state index in [1.54, 1.807) is 18.2 Å². The maximum absolute atomic E-state index is 11.9. The molecule has 0 unspecified atom stereocenters. The van der Waals surface area contributed by atoms with Crippen molar-refractivity contribution in [3.05, 3.63) is 27.7 Å². The molecule has 2 rings (SSSR count). The van der Waals surface area contributed by atoms with Gasteiger partial charge in [-0.15, -0.1) is 0 Å². The zero-order valence-electron chi connectivity index (χ0n) is 10.8. The van der Waals surface area contributed by atoms with E-state index in [0.29, 0.717) is 23.6 Å². The van der Waals surface area contributed by atoms with Crippen LogP contribution in [0.4, 0.5) is 0 Å². The maximum Gasteiger partial charge on any atom is 0.259 e. The van der Waals surface area contributed by atoms with Gasteiger partial charge in [-0.25, -0.2) is 0 Å². The van der Waals surface area contributed by atoms with Gasteiger partial charge in [-0.3, -0.25) is 4.79 Å². The number of nitriles is 1. The van der Waals surface area contributed by atoms with Gasteiger partial charge < -0.3 is 10.1 Å². The number of hydrogen-bond donors (Lipinski definition) is 1. The summed E-state index contributed by atoms with van der Waals surface area (Å²) in [7, 11) is 0. The summed E-state index contributed by atoms with van der Waals surface area (Å²) in [5, 5.41) is 12.4. The van der Waals surface area contributed by atoms with Crippen molar-refractivity contribution in [1.29, 1.82) is 5.26 Å². The molecule has 1 amide bonds. The Morgan fingerprint density at radius 1 is 1.50 bits per heavy atom. The molecule has 4 nitrogen and oxygen atoms in total. The van der Waals surface area contributed by atoms with E-state index in [9.17, 15) is 10.1 Å². The van der Waals surface area contributed by atoms with Crippen molar-refractivity contribution in [1.82, 2.24) is 5.32 Å². The first-order valence-electron chi connectivity index (χ1n) is 6.35. The quantitative estimate of drug-likeness (QED) is 0.898. The summed E-state index contributed by atoms with van der Waals surface area (Å²) in [6, 6.07) is 7.38. The number of amides is 1.